The van der Waals surface area contributed by atoms with E-state index in [2.05, 4.69) is 36.9 Å². The molecule has 0 unspecified atom stereocenters. The Morgan fingerprint density at radius 3 is 1.94 bits per heavy atom. The van der Waals surface area contributed by atoms with Gasteiger partial charge in [0, 0.05) is 23.9 Å². The van der Waals surface area contributed by atoms with Crippen molar-refractivity contribution >= 4 is 23.4 Å². The zero-order chi connectivity index (χ0) is 26.1. The predicted molar refractivity (Wildman–Crippen MR) is 138 cm³/mol. The topological polar surface area (TPSA) is 106 Å². The number of anilines is 1. The van der Waals surface area contributed by atoms with E-state index in [1.807, 2.05) is 12.1 Å². The van der Waals surface area contributed by atoms with Gasteiger partial charge in [0.25, 0.3) is 17.7 Å². The molecule has 0 radical (unpaired) electrons. The summed E-state index contributed by atoms with van der Waals surface area (Å²) in [5, 5.41) is 2.82. The average molecular weight is 490 g/mol. The molecule has 0 atom stereocenters. The lowest BCUT2D eigenvalue weighted by molar-refractivity contribution is 0.0842. The maximum Gasteiger partial charge on any atom is 0.273 e. The second-order valence-electron chi connectivity index (χ2n) is 9.10. The Morgan fingerprint density at radius 2 is 1.31 bits per heavy atom. The van der Waals surface area contributed by atoms with E-state index in [1.165, 1.54) is 0 Å². The van der Waals surface area contributed by atoms with E-state index in [0.717, 1.165) is 5.56 Å². The standard InChI is InChI=1S/C28H31N3O5/c1-28(2,3)21-13-9-19(10-14-21)25(32)29-22-15-11-20(12-16-22)26(33)30-31-27(34)23-7-5-6-8-24(23)36-18-17-35-4/h5-16H,17-18H2,1-4H3,(H,29,32)(H,30,33)(H,31,34). The molecule has 3 rings (SSSR count). The van der Waals surface area contributed by atoms with Crippen molar-refractivity contribution in [1.29, 1.82) is 0 Å². The molecule has 188 valence electrons. The van der Waals surface area contributed by atoms with Gasteiger partial charge >= 0.3 is 0 Å². The molecule has 0 aliphatic carbocycles. The van der Waals surface area contributed by atoms with Gasteiger partial charge in [-0.3, -0.25) is 25.2 Å². The number of carbonyl (C=O) groups is 3. The molecule has 0 saturated heterocycles. The zero-order valence-electron chi connectivity index (χ0n) is 20.9. The highest BCUT2D eigenvalue weighted by atomic mass is 16.5. The summed E-state index contributed by atoms with van der Waals surface area (Å²) in [6, 6.07) is 20.5. The number of methoxy groups -OCH3 is 1. The second-order valence-corrected chi connectivity index (χ2v) is 9.10. The quantitative estimate of drug-likeness (QED) is 0.323. The van der Waals surface area contributed by atoms with Crippen LogP contribution in [-0.2, 0) is 10.2 Å². The third-order valence-corrected chi connectivity index (χ3v) is 5.38. The van der Waals surface area contributed by atoms with Gasteiger partial charge in [0.1, 0.15) is 12.4 Å². The van der Waals surface area contributed by atoms with Crippen molar-refractivity contribution in [3.05, 3.63) is 95.1 Å². The maximum absolute atomic E-state index is 12.6. The number of para-hydroxylation sites is 1. The number of amides is 3. The fourth-order valence-corrected chi connectivity index (χ4v) is 3.30. The van der Waals surface area contributed by atoms with Crippen LogP contribution in [0.2, 0.25) is 0 Å². The number of ether oxygens (including phenoxy) is 2. The summed E-state index contributed by atoms with van der Waals surface area (Å²) in [4.78, 5) is 37.6. The van der Waals surface area contributed by atoms with Crippen LogP contribution in [0.5, 0.6) is 5.75 Å². The SMILES string of the molecule is COCCOc1ccccc1C(=O)NNC(=O)c1ccc(NC(=O)c2ccc(C(C)(C)C)cc2)cc1. The number of rotatable bonds is 8. The molecule has 8 heteroatoms. The molecule has 3 N–H and O–H groups in total. The number of nitrogens with one attached hydrogen (secondary N) is 3. The molecular formula is C28H31N3O5. The van der Waals surface area contributed by atoms with Crippen LogP contribution in [0.15, 0.2) is 72.8 Å². The lowest BCUT2D eigenvalue weighted by Gasteiger charge is -2.19. The van der Waals surface area contributed by atoms with Gasteiger partial charge in [0.2, 0.25) is 0 Å². The Balaban J connectivity index is 1.55. The van der Waals surface area contributed by atoms with Crippen molar-refractivity contribution in [2.24, 2.45) is 0 Å². The lowest BCUT2D eigenvalue weighted by atomic mass is 9.87. The minimum atomic E-state index is -0.516. The molecule has 36 heavy (non-hydrogen) atoms. The van der Waals surface area contributed by atoms with Crippen molar-refractivity contribution in [2.45, 2.75) is 26.2 Å². The van der Waals surface area contributed by atoms with E-state index in [4.69, 9.17) is 9.47 Å². The summed E-state index contributed by atoms with van der Waals surface area (Å²) in [5.74, 6) is -0.879. The zero-order valence-corrected chi connectivity index (χ0v) is 20.9. The van der Waals surface area contributed by atoms with Gasteiger partial charge in [0.05, 0.1) is 12.2 Å². The van der Waals surface area contributed by atoms with Gasteiger partial charge in [0.15, 0.2) is 0 Å². The largest absolute Gasteiger partial charge is 0.490 e. The van der Waals surface area contributed by atoms with Gasteiger partial charge in [-0.2, -0.15) is 0 Å². The summed E-state index contributed by atoms with van der Waals surface area (Å²) < 4.78 is 10.5. The molecule has 0 aromatic heterocycles. The van der Waals surface area contributed by atoms with Gasteiger partial charge in [-0.15, -0.1) is 0 Å². The second kappa shape index (κ2) is 12.0. The summed E-state index contributed by atoms with van der Waals surface area (Å²) >= 11 is 0. The Hall–Kier alpha value is -4.17. The Morgan fingerprint density at radius 1 is 0.722 bits per heavy atom. The Labute approximate surface area is 211 Å². The average Bonchev–Trinajstić information content (AvgIpc) is 2.87. The number of hydrogen-bond acceptors (Lipinski definition) is 5. The highest BCUT2D eigenvalue weighted by Gasteiger charge is 2.16. The molecular weight excluding hydrogens is 458 g/mol. The minimum Gasteiger partial charge on any atom is -0.490 e. The predicted octanol–water partition coefficient (Wildman–Crippen LogP) is 4.34. The molecule has 0 aliphatic heterocycles. The van der Waals surface area contributed by atoms with E-state index in [-0.39, 0.29) is 23.5 Å². The third kappa shape index (κ3) is 7.16. The van der Waals surface area contributed by atoms with Crippen LogP contribution in [0.25, 0.3) is 0 Å². The van der Waals surface area contributed by atoms with Crippen LogP contribution in [0.3, 0.4) is 0 Å². The third-order valence-electron chi connectivity index (χ3n) is 5.38. The molecule has 0 bridgehead atoms. The highest BCUT2D eigenvalue weighted by Crippen LogP contribution is 2.22. The number of benzene rings is 3. The number of carbonyl (C=O) groups excluding carboxylic acids is 3. The smallest absolute Gasteiger partial charge is 0.273 e. The van der Waals surface area contributed by atoms with Crippen molar-refractivity contribution in [3.8, 4) is 5.75 Å². The normalized spacial score (nSPS) is 10.9. The number of hydrogen-bond donors (Lipinski definition) is 3. The van der Waals surface area contributed by atoms with Crippen LogP contribution in [0, 0.1) is 0 Å². The minimum absolute atomic E-state index is 0.00606. The monoisotopic (exact) mass is 489 g/mol. The van der Waals surface area contributed by atoms with Crippen LogP contribution in [0.1, 0.15) is 57.4 Å². The maximum atomic E-state index is 12.6. The summed E-state index contributed by atoms with van der Waals surface area (Å²) in [6.07, 6.45) is 0. The van der Waals surface area contributed by atoms with Gasteiger partial charge < -0.3 is 14.8 Å². The Bertz CT molecular complexity index is 1200. The van der Waals surface area contributed by atoms with Crippen molar-refractivity contribution < 1.29 is 23.9 Å². The van der Waals surface area contributed by atoms with E-state index in [1.54, 1.807) is 67.8 Å². The summed E-state index contributed by atoms with van der Waals surface area (Å²) in [7, 11) is 1.56. The molecule has 0 heterocycles. The van der Waals surface area contributed by atoms with Gasteiger partial charge in [-0.1, -0.05) is 45.0 Å². The first-order chi connectivity index (χ1) is 17.2. The van der Waals surface area contributed by atoms with E-state index in [0.29, 0.717) is 29.2 Å². The highest BCUT2D eigenvalue weighted by molar-refractivity contribution is 6.05. The molecule has 3 aromatic rings. The first-order valence-electron chi connectivity index (χ1n) is 11.5. The lowest BCUT2D eigenvalue weighted by Crippen LogP contribution is -2.41. The fraction of sp³-hybridized carbons (Fsp3) is 0.250. The molecule has 3 aromatic carbocycles. The van der Waals surface area contributed by atoms with E-state index in [9.17, 15) is 14.4 Å². The van der Waals surface area contributed by atoms with E-state index < -0.39 is 11.8 Å². The van der Waals surface area contributed by atoms with Gasteiger partial charge in [-0.25, -0.2) is 0 Å². The molecule has 0 aliphatic rings. The Kier molecular flexibility index (Phi) is 8.81. The van der Waals surface area contributed by atoms with Crippen LogP contribution >= 0.6 is 0 Å². The van der Waals surface area contributed by atoms with E-state index >= 15 is 0 Å². The molecule has 3 amide bonds. The van der Waals surface area contributed by atoms with Crippen molar-refractivity contribution in [1.82, 2.24) is 10.9 Å². The first-order valence-corrected chi connectivity index (χ1v) is 11.5. The van der Waals surface area contributed by atoms with Gasteiger partial charge in [-0.05, 0) is 59.5 Å². The molecule has 8 nitrogen and oxygen atoms in total. The van der Waals surface area contributed by atoms with Crippen LogP contribution in [0.4, 0.5) is 5.69 Å². The summed E-state index contributed by atoms with van der Waals surface area (Å²) in [6.45, 7) is 7.01. The first kappa shape index (κ1) is 26.4. The molecule has 0 spiro atoms. The molecule has 0 saturated carbocycles. The fourth-order valence-electron chi connectivity index (χ4n) is 3.30. The molecule has 0 fully saturated rings. The number of hydrazine groups is 1. The van der Waals surface area contributed by atoms with Crippen molar-refractivity contribution in [2.75, 3.05) is 25.6 Å². The van der Waals surface area contributed by atoms with Crippen molar-refractivity contribution in [3.63, 3.8) is 0 Å². The summed E-state index contributed by atoms with van der Waals surface area (Å²) in [5.41, 5.74) is 7.61. The van der Waals surface area contributed by atoms with Crippen LogP contribution in [-0.4, -0.2) is 38.0 Å². The van der Waals surface area contributed by atoms with Crippen LogP contribution < -0.4 is 20.9 Å².